The number of aliphatic hydroxyl groups excluding tert-OH is 1. The number of aryl methyl sites for hydroxylation is 1. The Morgan fingerprint density at radius 3 is 2.62 bits per heavy atom. The van der Waals surface area contributed by atoms with Crippen molar-refractivity contribution in [1.29, 1.82) is 0 Å². The molecule has 24 heavy (non-hydrogen) atoms. The molecule has 6 nitrogen and oxygen atoms in total. The molecule has 0 radical (unpaired) electrons. The van der Waals surface area contributed by atoms with Gasteiger partial charge in [0, 0.05) is 19.6 Å². The van der Waals surface area contributed by atoms with Crippen molar-refractivity contribution in [2.75, 3.05) is 26.2 Å². The summed E-state index contributed by atoms with van der Waals surface area (Å²) in [5.74, 6) is 0.816. The molecule has 1 aromatic carbocycles. The van der Waals surface area contributed by atoms with E-state index in [1.165, 1.54) is 5.56 Å². The Labute approximate surface area is 143 Å². The number of aliphatic hydroxyl groups is 1. The maximum absolute atomic E-state index is 10.2. The summed E-state index contributed by atoms with van der Waals surface area (Å²) in [7, 11) is 0. The SMILES string of the molecule is CCc1ccc(OCC(O)CN2CCC(n3cncn3)CC2)cc1. The van der Waals surface area contributed by atoms with Crippen LogP contribution in [0.1, 0.15) is 31.4 Å². The Bertz CT molecular complexity index is 592. The van der Waals surface area contributed by atoms with Crippen LogP contribution in [-0.4, -0.2) is 57.1 Å². The van der Waals surface area contributed by atoms with Crippen molar-refractivity contribution in [3.63, 3.8) is 0 Å². The van der Waals surface area contributed by atoms with Crippen molar-refractivity contribution < 1.29 is 9.84 Å². The molecule has 130 valence electrons. The highest BCUT2D eigenvalue weighted by Crippen LogP contribution is 2.21. The monoisotopic (exact) mass is 330 g/mol. The van der Waals surface area contributed by atoms with Gasteiger partial charge in [0.1, 0.15) is 31.1 Å². The van der Waals surface area contributed by atoms with Gasteiger partial charge in [-0.2, -0.15) is 5.10 Å². The fourth-order valence-corrected chi connectivity index (χ4v) is 3.14. The Morgan fingerprint density at radius 1 is 1.25 bits per heavy atom. The number of aromatic nitrogens is 3. The second-order valence-corrected chi connectivity index (χ2v) is 6.37. The fraction of sp³-hybridized carbons (Fsp3) is 0.556. The molecule has 0 aliphatic carbocycles. The number of piperidine rings is 1. The van der Waals surface area contributed by atoms with E-state index in [2.05, 4.69) is 34.0 Å². The van der Waals surface area contributed by atoms with E-state index in [1.54, 1.807) is 12.7 Å². The average molecular weight is 330 g/mol. The third-order valence-corrected chi connectivity index (χ3v) is 4.61. The molecule has 2 heterocycles. The van der Waals surface area contributed by atoms with Gasteiger partial charge in [0.15, 0.2) is 0 Å². The van der Waals surface area contributed by atoms with Crippen molar-refractivity contribution in [3.8, 4) is 5.75 Å². The highest BCUT2D eigenvalue weighted by Gasteiger charge is 2.22. The molecule has 0 saturated carbocycles. The number of hydrogen-bond donors (Lipinski definition) is 1. The summed E-state index contributed by atoms with van der Waals surface area (Å²) < 4.78 is 7.63. The Balaban J connectivity index is 1.38. The molecule has 0 amide bonds. The van der Waals surface area contributed by atoms with Gasteiger partial charge < -0.3 is 14.7 Å². The van der Waals surface area contributed by atoms with Crippen molar-refractivity contribution in [2.24, 2.45) is 0 Å². The predicted octanol–water partition coefficient (Wildman–Crippen LogP) is 1.92. The number of nitrogens with zero attached hydrogens (tertiary/aromatic N) is 4. The molecule has 0 spiro atoms. The van der Waals surface area contributed by atoms with Crippen LogP contribution in [0.4, 0.5) is 0 Å². The molecule has 1 saturated heterocycles. The first kappa shape index (κ1) is 16.9. The summed E-state index contributed by atoms with van der Waals surface area (Å²) in [6.45, 7) is 5.04. The summed E-state index contributed by atoms with van der Waals surface area (Å²) in [6.07, 6.45) is 5.99. The Hall–Kier alpha value is -1.92. The van der Waals surface area contributed by atoms with Gasteiger partial charge in [-0.25, -0.2) is 9.67 Å². The van der Waals surface area contributed by atoms with Crippen molar-refractivity contribution >= 4 is 0 Å². The highest BCUT2D eigenvalue weighted by molar-refractivity contribution is 5.27. The normalized spacial score (nSPS) is 17.8. The van der Waals surface area contributed by atoms with Gasteiger partial charge in [-0.3, -0.25) is 0 Å². The third-order valence-electron chi connectivity index (χ3n) is 4.61. The largest absolute Gasteiger partial charge is 0.491 e. The number of β-amino-alcohol motifs (C(OH)–C–C–N with tert-alkyl or cyclic N) is 1. The lowest BCUT2D eigenvalue weighted by Gasteiger charge is -2.32. The van der Waals surface area contributed by atoms with E-state index in [0.29, 0.717) is 19.2 Å². The van der Waals surface area contributed by atoms with E-state index in [-0.39, 0.29) is 0 Å². The highest BCUT2D eigenvalue weighted by atomic mass is 16.5. The maximum atomic E-state index is 10.2. The molecular weight excluding hydrogens is 304 g/mol. The minimum atomic E-state index is -0.473. The molecular formula is C18H26N4O2. The molecule has 1 fully saturated rings. The van der Waals surface area contributed by atoms with Gasteiger partial charge in [0.05, 0.1) is 6.04 Å². The van der Waals surface area contributed by atoms with Crippen LogP contribution < -0.4 is 4.74 Å². The summed E-state index contributed by atoms with van der Waals surface area (Å²) in [4.78, 5) is 6.30. The molecule has 2 aromatic rings. The van der Waals surface area contributed by atoms with E-state index < -0.39 is 6.10 Å². The number of ether oxygens (including phenoxy) is 1. The first-order valence-electron chi connectivity index (χ1n) is 8.71. The molecule has 1 atom stereocenters. The van der Waals surface area contributed by atoms with E-state index in [1.807, 2.05) is 16.8 Å². The topological polar surface area (TPSA) is 63.4 Å². The minimum Gasteiger partial charge on any atom is -0.491 e. The molecule has 1 aliphatic rings. The fourth-order valence-electron chi connectivity index (χ4n) is 3.14. The van der Waals surface area contributed by atoms with Crippen molar-refractivity contribution in [3.05, 3.63) is 42.5 Å². The van der Waals surface area contributed by atoms with Crippen LogP contribution in [-0.2, 0) is 6.42 Å². The molecule has 1 aromatic heterocycles. The number of likely N-dealkylation sites (tertiary alicyclic amines) is 1. The molecule has 1 aliphatic heterocycles. The van der Waals surface area contributed by atoms with Crippen LogP contribution in [0.5, 0.6) is 5.75 Å². The van der Waals surface area contributed by atoms with Crippen LogP contribution in [0, 0.1) is 0 Å². The summed E-state index contributed by atoms with van der Waals surface area (Å²) in [6, 6.07) is 8.49. The van der Waals surface area contributed by atoms with Gasteiger partial charge in [0.2, 0.25) is 0 Å². The zero-order valence-corrected chi connectivity index (χ0v) is 14.2. The van der Waals surface area contributed by atoms with Crippen LogP contribution in [0.25, 0.3) is 0 Å². The molecule has 0 bridgehead atoms. The first-order valence-corrected chi connectivity index (χ1v) is 8.71. The quantitative estimate of drug-likeness (QED) is 0.840. The second-order valence-electron chi connectivity index (χ2n) is 6.37. The summed E-state index contributed by atoms with van der Waals surface area (Å²) >= 11 is 0. The first-order chi connectivity index (χ1) is 11.7. The average Bonchev–Trinajstić information content (AvgIpc) is 3.16. The number of hydrogen-bond acceptors (Lipinski definition) is 5. The van der Waals surface area contributed by atoms with E-state index in [4.69, 9.17) is 4.74 Å². The lowest BCUT2D eigenvalue weighted by molar-refractivity contribution is 0.0550. The van der Waals surface area contributed by atoms with Crippen molar-refractivity contribution in [2.45, 2.75) is 38.3 Å². The van der Waals surface area contributed by atoms with Crippen molar-refractivity contribution in [1.82, 2.24) is 19.7 Å². The molecule has 1 N–H and O–H groups in total. The van der Waals surface area contributed by atoms with Crippen LogP contribution >= 0.6 is 0 Å². The van der Waals surface area contributed by atoms with E-state index in [0.717, 1.165) is 38.1 Å². The van der Waals surface area contributed by atoms with Gasteiger partial charge in [-0.15, -0.1) is 0 Å². The zero-order valence-electron chi connectivity index (χ0n) is 14.2. The van der Waals surface area contributed by atoms with Gasteiger partial charge in [0.25, 0.3) is 0 Å². The maximum Gasteiger partial charge on any atom is 0.137 e. The van der Waals surface area contributed by atoms with Crippen LogP contribution in [0.15, 0.2) is 36.9 Å². The van der Waals surface area contributed by atoms with Crippen LogP contribution in [0.3, 0.4) is 0 Å². The van der Waals surface area contributed by atoms with E-state index >= 15 is 0 Å². The number of benzene rings is 1. The van der Waals surface area contributed by atoms with Gasteiger partial charge in [-0.05, 0) is 37.0 Å². The zero-order chi connectivity index (χ0) is 16.8. The third kappa shape index (κ3) is 4.55. The van der Waals surface area contributed by atoms with E-state index in [9.17, 15) is 5.11 Å². The summed E-state index contributed by atoms with van der Waals surface area (Å²) in [5.41, 5.74) is 1.29. The Morgan fingerprint density at radius 2 is 2.00 bits per heavy atom. The Kier molecular flexibility index (Phi) is 5.82. The summed E-state index contributed by atoms with van der Waals surface area (Å²) in [5, 5.41) is 14.4. The molecule has 1 unspecified atom stereocenters. The molecule has 3 rings (SSSR count). The predicted molar refractivity (Wildman–Crippen MR) is 92.1 cm³/mol. The lowest BCUT2D eigenvalue weighted by atomic mass is 10.1. The number of rotatable bonds is 7. The standard InChI is InChI=1S/C18H26N4O2/c1-2-15-3-5-18(6-4-15)24-12-17(23)11-21-9-7-16(8-10-21)22-14-19-13-20-22/h3-6,13-14,16-17,23H,2,7-12H2,1H3. The lowest BCUT2D eigenvalue weighted by Crippen LogP contribution is -2.41. The van der Waals surface area contributed by atoms with Gasteiger partial charge >= 0.3 is 0 Å². The smallest absolute Gasteiger partial charge is 0.137 e. The second kappa shape index (κ2) is 8.26. The van der Waals surface area contributed by atoms with Crippen LogP contribution in [0.2, 0.25) is 0 Å². The molecule has 6 heteroatoms. The minimum absolute atomic E-state index is 0.328. The van der Waals surface area contributed by atoms with Gasteiger partial charge in [-0.1, -0.05) is 19.1 Å².